The summed E-state index contributed by atoms with van der Waals surface area (Å²) in [5, 5.41) is 10.7. The molecule has 1 atom stereocenters. The van der Waals surface area contributed by atoms with Gasteiger partial charge in [0.1, 0.15) is 6.04 Å². The first kappa shape index (κ1) is 15.7. The Morgan fingerprint density at radius 3 is 2.46 bits per heavy atom. The standard InChI is InChI=1S/C17H15N3O4/c18-17(22)15-10-12-3-1-2-4-14(12)19(15)16(21)9-11-5-7-13(8-6-11)20(23)24/h1-8,15H,9-10H2,(H2,18,22)/t15-/m0/s1. The van der Waals surface area contributed by atoms with E-state index >= 15 is 0 Å². The fraction of sp³-hybridized carbons (Fsp3) is 0.176. The minimum atomic E-state index is -0.701. The van der Waals surface area contributed by atoms with Crippen LogP contribution in [0.2, 0.25) is 0 Å². The van der Waals surface area contributed by atoms with Crippen LogP contribution >= 0.6 is 0 Å². The van der Waals surface area contributed by atoms with Crippen molar-refractivity contribution in [1.29, 1.82) is 0 Å². The number of para-hydroxylation sites is 1. The van der Waals surface area contributed by atoms with Crippen molar-refractivity contribution in [2.45, 2.75) is 18.9 Å². The van der Waals surface area contributed by atoms with E-state index in [2.05, 4.69) is 0 Å². The number of fused-ring (bicyclic) bond motifs is 1. The van der Waals surface area contributed by atoms with E-state index in [1.807, 2.05) is 12.1 Å². The molecule has 0 aromatic heterocycles. The highest BCUT2D eigenvalue weighted by Crippen LogP contribution is 2.32. The molecule has 1 aliphatic rings. The maximum absolute atomic E-state index is 12.7. The first-order valence-electron chi connectivity index (χ1n) is 7.40. The Morgan fingerprint density at radius 2 is 1.83 bits per heavy atom. The van der Waals surface area contributed by atoms with Gasteiger partial charge >= 0.3 is 0 Å². The number of non-ortho nitro benzene ring substituents is 1. The predicted octanol–water partition coefficient (Wildman–Crippen LogP) is 1.58. The van der Waals surface area contributed by atoms with Gasteiger partial charge in [0.2, 0.25) is 11.8 Å². The number of carbonyl (C=O) groups excluding carboxylic acids is 2. The molecule has 0 radical (unpaired) electrons. The maximum atomic E-state index is 12.7. The number of nitro benzene ring substituents is 1. The van der Waals surface area contributed by atoms with E-state index < -0.39 is 16.9 Å². The molecule has 2 aromatic carbocycles. The van der Waals surface area contributed by atoms with Gasteiger partial charge in [0.25, 0.3) is 5.69 Å². The fourth-order valence-electron chi connectivity index (χ4n) is 2.92. The molecule has 1 aliphatic heterocycles. The summed E-state index contributed by atoms with van der Waals surface area (Å²) < 4.78 is 0. The fourth-order valence-corrected chi connectivity index (χ4v) is 2.92. The molecule has 2 amide bonds. The average Bonchev–Trinajstić information content (AvgIpc) is 2.95. The van der Waals surface area contributed by atoms with E-state index in [0.717, 1.165) is 5.56 Å². The minimum absolute atomic E-state index is 0.0345. The molecule has 0 aliphatic carbocycles. The van der Waals surface area contributed by atoms with Crippen LogP contribution < -0.4 is 10.6 Å². The minimum Gasteiger partial charge on any atom is -0.368 e. The van der Waals surface area contributed by atoms with Crippen LogP contribution in [0.3, 0.4) is 0 Å². The van der Waals surface area contributed by atoms with Crippen LogP contribution in [-0.2, 0) is 22.4 Å². The molecule has 0 bridgehead atoms. The van der Waals surface area contributed by atoms with Gasteiger partial charge in [-0.15, -0.1) is 0 Å². The van der Waals surface area contributed by atoms with Gasteiger partial charge in [-0.2, -0.15) is 0 Å². The summed E-state index contributed by atoms with van der Waals surface area (Å²) in [7, 11) is 0. The molecule has 2 N–H and O–H groups in total. The Labute approximate surface area is 137 Å². The van der Waals surface area contributed by atoms with E-state index in [-0.39, 0.29) is 18.0 Å². The molecule has 2 aromatic rings. The number of carbonyl (C=O) groups is 2. The van der Waals surface area contributed by atoms with E-state index in [4.69, 9.17) is 5.73 Å². The molecule has 7 heteroatoms. The van der Waals surface area contributed by atoms with E-state index in [0.29, 0.717) is 17.7 Å². The van der Waals surface area contributed by atoms with Crippen LogP contribution in [0.4, 0.5) is 11.4 Å². The van der Waals surface area contributed by atoms with Crippen LogP contribution in [0.15, 0.2) is 48.5 Å². The molecular formula is C17H15N3O4. The topological polar surface area (TPSA) is 107 Å². The summed E-state index contributed by atoms with van der Waals surface area (Å²) >= 11 is 0. The number of anilines is 1. The summed E-state index contributed by atoms with van der Waals surface area (Å²) in [4.78, 5) is 36.0. The molecule has 0 unspecified atom stereocenters. The maximum Gasteiger partial charge on any atom is 0.269 e. The number of hydrogen-bond acceptors (Lipinski definition) is 4. The number of rotatable bonds is 4. The molecule has 7 nitrogen and oxygen atoms in total. The van der Waals surface area contributed by atoms with Crippen molar-refractivity contribution in [3.8, 4) is 0 Å². The normalized spacial score (nSPS) is 15.8. The quantitative estimate of drug-likeness (QED) is 0.680. The average molecular weight is 325 g/mol. The number of amides is 2. The molecule has 3 rings (SSSR count). The van der Waals surface area contributed by atoms with Gasteiger partial charge in [-0.3, -0.25) is 24.6 Å². The largest absolute Gasteiger partial charge is 0.368 e. The lowest BCUT2D eigenvalue weighted by Crippen LogP contribution is -2.46. The highest BCUT2D eigenvalue weighted by Gasteiger charge is 2.36. The number of nitrogens with zero attached hydrogens (tertiary/aromatic N) is 2. The smallest absolute Gasteiger partial charge is 0.269 e. The molecule has 0 spiro atoms. The van der Waals surface area contributed by atoms with Crippen LogP contribution in [0.1, 0.15) is 11.1 Å². The van der Waals surface area contributed by atoms with Crippen LogP contribution in [0.5, 0.6) is 0 Å². The molecule has 0 saturated heterocycles. The molecule has 1 heterocycles. The zero-order valence-corrected chi connectivity index (χ0v) is 12.7. The number of nitro groups is 1. The van der Waals surface area contributed by atoms with Crippen molar-refractivity contribution < 1.29 is 14.5 Å². The zero-order chi connectivity index (χ0) is 17.3. The molecule has 0 saturated carbocycles. The van der Waals surface area contributed by atoms with Gasteiger partial charge in [-0.25, -0.2) is 0 Å². The van der Waals surface area contributed by atoms with Gasteiger partial charge in [0.15, 0.2) is 0 Å². The summed E-state index contributed by atoms with van der Waals surface area (Å²) in [6, 6.07) is 12.4. The molecule has 24 heavy (non-hydrogen) atoms. The van der Waals surface area contributed by atoms with Crippen LogP contribution in [0, 0.1) is 10.1 Å². The van der Waals surface area contributed by atoms with Gasteiger partial charge in [-0.05, 0) is 17.2 Å². The van der Waals surface area contributed by atoms with Gasteiger partial charge in [-0.1, -0.05) is 30.3 Å². The third-order valence-electron chi connectivity index (χ3n) is 4.08. The Morgan fingerprint density at radius 1 is 1.17 bits per heavy atom. The van der Waals surface area contributed by atoms with Gasteiger partial charge < -0.3 is 5.73 Å². The van der Waals surface area contributed by atoms with Crippen molar-refractivity contribution in [3.05, 3.63) is 69.8 Å². The second-order valence-corrected chi connectivity index (χ2v) is 5.62. The van der Waals surface area contributed by atoms with Gasteiger partial charge in [0.05, 0.1) is 11.3 Å². The third kappa shape index (κ3) is 2.83. The third-order valence-corrected chi connectivity index (χ3v) is 4.08. The summed E-state index contributed by atoms with van der Waals surface area (Å²) in [6.07, 6.45) is 0.438. The highest BCUT2D eigenvalue weighted by atomic mass is 16.6. The van der Waals surface area contributed by atoms with Crippen LogP contribution in [0.25, 0.3) is 0 Å². The summed E-state index contributed by atoms with van der Waals surface area (Å²) in [6.45, 7) is 0. The Balaban J connectivity index is 1.85. The summed E-state index contributed by atoms with van der Waals surface area (Å²) in [5.41, 5.74) is 7.64. The molecule has 122 valence electrons. The Kier molecular flexibility index (Phi) is 3.99. The van der Waals surface area contributed by atoms with Crippen molar-refractivity contribution in [3.63, 3.8) is 0 Å². The Bertz CT molecular complexity index is 817. The first-order chi connectivity index (χ1) is 11.5. The number of benzene rings is 2. The second-order valence-electron chi connectivity index (χ2n) is 5.62. The number of hydrogen-bond donors (Lipinski definition) is 1. The lowest BCUT2D eigenvalue weighted by molar-refractivity contribution is -0.384. The lowest BCUT2D eigenvalue weighted by atomic mass is 10.1. The zero-order valence-electron chi connectivity index (χ0n) is 12.7. The van der Waals surface area contributed by atoms with E-state index in [9.17, 15) is 19.7 Å². The van der Waals surface area contributed by atoms with Crippen molar-refractivity contribution in [2.75, 3.05) is 4.90 Å². The van der Waals surface area contributed by atoms with Gasteiger partial charge in [0, 0.05) is 24.2 Å². The first-order valence-corrected chi connectivity index (χ1v) is 7.40. The SMILES string of the molecule is NC(=O)[C@@H]1Cc2ccccc2N1C(=O)Cc1ccc([N+](=O)[O-])cc1. The van der Waals surface area contributed by atoms with Crippen molar-refractivity contribution in [1.82, 2.24) is 0 Å². The van der Waals surface area contributed by atoms with Crippen molar-refractivity contribution in [2.24, 2.45) is 5.73 Å². The molecule has 0 fully saturated rings. The van der Waals surface area contributed by atoms with Crippen LogP contribution in [-0.4, -0.2) is 22.8 Å². The number of nitrogens with two attached hydrogens (primary N) is 1. The van der Waals surface area contributed by atoms with Crippen molar-refractivity contribution >= 4 is 23.2 Å². The second kappa shape index (κ2) is 6.11. The van der Waals surface area contributed by atoms with E-state index in [1.54, 1.807) is 12.1 Å². The number of primary amides is 1. The summed E-state index contributed by atoms with van der Waals surface area (Å²) in [5.74, 6) is -0.819. The molecular weight excluding hydrogens is 310 g/mol. The lowest BCUT2D eigenvalue weighted by Gasteiger charge is -2.23. The highest BCUT2D eigenvalue weighted by molar-refractivity contribution is 6.03. The van der Waals surface area contributed by atoms with E-state index in [1.165, 1.54) is 29.2 Å². The Hall–Kier alpha value is -3.22. The monoisotopic (exact) mass is 325 g/mol. The predicted molar refractivity (Wildman–Crippen MR) is 87.4 cm³/mol.